The first-order chi connectivity index (χ1) is 19.1. The molecule has 212 valence electrons. The van der Waals surface area contributed by atoms with Gasteiger partial charge in [-0.2, -0.15) is 0 Å². The second-order valence-corrected chi connectivity index (χ2v) is 11.2. The van der Waals surface area contributed by atoms with E-state index < -0.39 is 35.9 Å². The molecule has 2 saturated heterocycles. The van der Waals surface area contributed by atoms with Gasteiger partial charge in [0, 0.05) is 60.1 Å². The number of fused-ring (bicyclic) bond motifs is 1. The largest absolute Gasteiger partial charge is 0.480 e. The Balaban J connectivity index is 1.57. The van der Waals surface area contributed by atoms with Crippen molar-refractivity contribution < 1.29 is 28.6 Å². The summed E-state index contributed by atoms with van der Waals surface area (Å²) >= 11 is 7.74. The number of benzene rings is 1. The van der Waals surface area contributed by atoms with Crippen molar-refractivity contribution in [2.24, 2.45) is 4.99 Å². The highest BCUT2D eigenvalue weighted by Crippen LogP contribution is 2.37. The zero-order valence-electron chi connectivity index (χ0n) is 22.0. The third-order valence-electron chi connectivity index (χ3n) is 7.32. The monoisotopic (exact) mass is 590 g/mol. The molecule has 1 aromatic carbocycles. The number of thiazole rings is 1. The van der Waals surface area contributed by atoms with E-state index in [1.54, 1.807) is 26.3 Å². The van der Waals surface area contributed by atoms with Crippen LogP contribution in [0.25, 0.3) is 0 Å². The van der Waals surface area contributed by atoms with Crippen molar-refractivity contribution in [1.82, 2.24) is 25.0 Å². The van der Waals surface area contributed by atoms with Crippen LogP contribution in [-0.2, 0) is 14.3 Å². The highest BCUT2D eigenvalue weighted by molar-refractivity contribution is 7.11. The number of carboxylic acids is 1. The highest BCUT2D eigenvalue weighted by Gasteiger charge is 2.50. The lowest BCUT2D eigenvalue weighted by atomic mass is 9.94. The van der Waals surface area contributed by atoms with Gasteiger partial charge in [0.25, 0.3) is 0 Å². The van der Waals surface area contributed by atoms with E-state index in [-0.39, 0.29) is 42.3 Å². The van der Waals surface area contributed by atoms with Crippen molar-refractivity contribution in [1.29, 1.82) is 0 Å². The van der Waals surface area contributed by atoms with Crippen LogP contribution in [0.1, 0.15) is 30.5 Å². The number of halogens is 2. The number of ether oxygens (including phenoxy) is 1. The fraction of sp³-hybridized carbons (Fsp3) is 0.423. The summed E-state index contributed by atoms with van der Waals surface area (Å²) in [6, 6.07) is 1.02. The molecular weight excluding hydrogens is 563 g/mol. The first kappa shape index (κ1) is 28.0. The second-order valence-electron chi connectivity index (χ2n) is 9.94. The number of amidine groups is 1. The maximum atomic E-state index is 13.9. The Hall–Kier alpha value is -3.55. The van der Waals surface area contributed by atoms with Gasteiger partial charge in [-0.25, -0.2) is 19.0 Å². The van der Waals surface area contributed by atoms with E-state index in [0.29, 0.717) is 28.6 Å². The van der Waals surface area contributed by atoms with E-state index in [1.165, 1.54) is 30.6 Å². The maximum Gasteiger partial charge on any atom is 0.338 e. The molecule has 4 heterocycles. The molecule has 0 unspecified atom stereocenters. The average molecular weight is 591 g/mol. The zero-order chi connectivity index (χ0) is 28.7. The summed E-state index contributed by atoms with van der Waals surface area (Å²) in [7, 11) is 1.24. The van der Waals surface area contributed by atoms with Gasteiger partial charge in [0.05, 0.1) is 18.7 Å². The number of urea groups is 1. The number of aliphatic imine (C=N–C) groups is 1. The quantitative estimate of drug-likeness (QED) is 0.471. The summed E-state index contributed by atoms with van der Waals surface area (Å²) in [5.41, 5.74) is 0.862. The molecule has 0 aliphatic carbocycles. The second kappa shape index (κ2) is 11.1. The number of nitrogens with one attached hydrogen (secondary N) is 1. The summed E-state index contributed by atoms with van der Waals surface area (Å²) in [4.78, 5) is 52.8. The van der Waals surface area contributed by atoms with Gasteiger partial charge in [-0.1, -0.05) is 17.7 Å². The van der Waals surface area contributed by atoms with Gasteiger partial charge >= 0.3 is 18.0 Å². The lowest BCUT2D eigenvalue weighted by Crippen LogP contribution is -2.62. The van der Waals surface area contributed by atoms with E-state index in [9.17, 15) is 23.9 Å². The Morgan fingerprint density at radius 1 is 1.32 bits per heavy atom. The summed E-state index contributed by atoms with van der Waals surface area (Å²) in [6.45, 7) is 4.67. The number of methoxy groups -OCH3 is 1. The Labute approximate surface area is 238 Å². The number of amides is 2. The maximum absolute atomic E-state index is 13.9. The minimum absolute atomic E-state index is 0.0152. The van der Waals surface area contributed by atoms with Gasteiger partial charge in [0.1, 0.15) is 17.9 Å². The standard InChI is InChI=1S/C26H28ClFN6O5S/c1-13(2)34-12-18-21(24(35)36)32(7-8-33(18)26(34)38)11-17-19(25(37)39-3)20(15-5-4-14(28)10-16(15)27)31-22(30-17)23-29-6-9-40-23/h4-6,9-10,13,18,20-21H,7-8,11-12H2,1-3H3,(H,30,31)(H,35,36)/t18-,20-,21+/m0/s1. The Morgan fingerprint density at radius 2 is 2.10 bits per heavy atom. The number of rotatable bonds is 7. The molecule has 1 aromatic heterocycles. The number of aromatic nitrogens is 1. The third-order valence-corrected chi connectivity index (χ3v) is 8.43. The minimum atomic E-state index is -1.07. The van der Waals surface area contributed by atoms with Gasteiger partial charge in [-0.15, -0.1) is 11.3 Å². The van der Waals surface area contributed by atoms with Gasteiger partial charge < -0.3 is 25.0 Å². The molecule has 2 N–H and O–H groups in total. The van der Waals surface area contributed by atoms with E-state index >= 15 is 0 Å². The Bertz CT molecular complexity index is 1400. The molecule has 0 bridgehead atoms. The molecule has 2 aromatic rings. The van der Waals surface area contributed by atoms with Crippen molar-refractivity contribution in [3.8, 4) is 0 Å². The lowest BCUT2D eigenvalue weighted by Gasteiger charge is -2.42. The number of aliphatic carboxylic acids is 1. The summed E-state index contributed by atoms with van der Waals surface area (Å²) in [6.07, 6.45) is 1.61. The SMILES string of the molecule is COC(=O)C1=C(CN2CCN3C(=O)N(C(C)C)C[C@H]3[C@@H]2C(=O)O)NC(c2nccs2)=N[C@H]1c1ccc(F)cc1Cl. The predicted octanol–water partition coefficient (Wildman–Crippen LogP) is 2.74. The fourth-order valence-corrected chi connectivity index (χ4v) is 6.29. The number of carbonyl (C=O) groups is 3. The van der Waals surface area contributed by atoms with Crippen LogP contribution in [0.4, 0.5) is 9.18 Å². The van der Waals surface area contributed by atoms with Crippen LogP contribution >= 0.6 is 22.9 Å². The van der Waals surface area contributed by atoms with Crippen LogP contribution in [0.2, 0.25) is 5.02 Å². The Kier molecular flexibility index (Phi) is 7.80. The molecule has 2 fully saturated rings. The molecule has 3 aliphatic heterocycles. The normalized spacial score (nSPS) is 23.3. The summed E-state index contributed by atoms with van der Waals surface area (Å²) in [5, 5.41) is 15.9. The number of hydrogen-bond donors (Lipinski definition) is 2. The first-order valence-electron chi connectivity index (χ1n) is 12.7. The number of piperazine rings is 1. The number of esters is 1. The van der Waals surface area contributed by atoms with Crippen molar-refractivity contribution in [2.75, 3.05) is 33.3 Å². The van der Waals surface area contributed by atoms with E-state index in [0.717, 1.165) is 6.07 Å². The topological polar surface area (TPSA) is 128 Å². The van der Waals surface area contributed by atoms with Gasteiger partial charge in [-0.3, -0.25) is 14.7 Å². The molecule has 40 heavy (non-hydrogen) atoms. The predicted molar refractivity (Wildman–Crippen MR) is 146 cm³/mol. The van der Waals surface area contributed by atoms with E-state index in [2.05, 4.69) is 10.3 Å². The number of carboxylic acid groups (broad SMARTS) is 1. The highest BCUT2D eigenvalue weighted by atomic mass is 35.5. The number of carbonyl (C=O) groups excluding carboxylic acids is 2. The van der Waals surface area contributed by atoms with E-state index in [4.69, 9.17) is 21.3 Å². The molecule has 0 saturated carbocycles. The summed E-state index contributed by atoms with van der Waals surface area (Å²) < 4.78 is 19.0. The zero-order valence-corrected chi connectivity index (χ0v) is 23.6. The molecular formula is C26H28ClFN6O5S. The number of hydrogen-bond acceptors (Lipinski definition) is 9. The molecule has 3 atom stereocenters. The van der Waals surface area contributed by atoms with E-state index in [1.807, 2.05) is 13.8 Å². The molecule has 2 amide bonds. The van der Waals surface area contributed by atoms with Gasteiger partial charge in [-0.05, 0) is 26.0 Å². The molecule has 11 nitrogen and oxygen atoms in total. The van der Waals surface area contributed by atoms with Crippen LogP contribution in [0.15, 0.2) is 46.0 Å². The lowest BCUT2D eigenvalue weighted by molar-refractivity contribution is -0.147. The number of nitrogens with zero attached hydrogens (tertiary/aromatic N) is 5. The van der Waals surface area contributed by atoms with Crippen LogP contribution < -0.4 is 5.32 Å². The van der Waals surface area contributed by atoms with Crippen molar-refractivity contribution in [3.05, 3.63) is 62.5 Å². The summed E-state index contributed by atoms with van der Waals surface area (Å²) in [5.74, 6) is -1.95. The Morgan fingerprint density at radius 3 is 2.73 bits per heavy atom. The van der Waals surface area contributed by atoms with Gasteiger partial charge in [0.15, 0.2) is 10.8 Å². The van der Waals surface area contributed by atoms with Gasteiger partial charge in [0.2, 0.25) is 0 Å². The smallest absolute Gasteiger partial charge is 0.338 e. The van der Waals surface area contributed by atoms with Crippen molar-refractivity contribution in [2.45, 2.75) is 38.0 Å². The third kappa shape index (κ3) is 5.04. The van der Waals surface area contributed by atoms with Crippen LogP contribution in [0.5, 0.6) is 0 Å². The molecule has 0 spiro atoms. The molecule has 14 heteroatoms. The van der Waals surface area contributed by atoms with Crippen LogP contribution in [-0.4, -0.2) is 100 Å². The van der Waals surface area contributed by atoms with Crippen LogP contribution in [0.3, 0.4) is 0 Å². The minimum Gasteiger partial charge on any atom is -0.480 e. The van der Waals surface area contributed by atoms with Crippen LogP contribution in [0, 0.1) is 5.82 Å². The van der Waals surface area contributed by atoms with Crippen molar-refractivity contribution in [3.63, 3.8) is 0 Å². The first-order valence-corrected chi connectivity index (χ1v) is 13.9. The molecule has 3 aliphatic rings. The molecule has 0 radical (unpaired) electrons. The average Bonchev–Trinajstić information content (AvgIpc) is 3.56. The molecule has 5 rings (SSSR count). The fourth-order valence-electron chi connectivity index (χ4n) is 5.44. The van der Waals surface area contributed by atoms with Crippen molar-refractivity contribution >= 4 is 46.7 Å².